The zero-order valence-electron chi connectivity index (χ0n) is 13.6. The van der Waals surface area contributed by atoms with Crippen molar-refractivity contribution in [2.45, 2.75) is 12.8 Å². The first-order chi connectivity index (χ1) is 10.5. The smallest absolute Gasteiger partial charge is 0.319 e. The normalized spacial score (nSPS) is 28.4. The van der Waals surface area contributed by atoms with Crippen molar-refractivity contribution in [3.05, 3.63) is 12.7 Å². The summed E-state index contributed by atoms with van der Waals surface area (Å²) in [6, 6.07) is 0.0264. The lowest BCUT2D eigenvalue weighted by molar-refractivity contribution is -0.131. The van der Waals surface area contributed by atoms with Crippen molar-refractivity contribution in [3.63, 3.8) is 0 Å². The summed E-state index contributed by atoms with van der Waals surface area (Å²) in [7, 11) is 3.53. The molecule has 6 heteroatoms. The van der Waals surface area contributed by atoms with Crippen LogP contribution in [0.5, 0.6) is 0 Å². The van der Waals surface area contributed by atoms with E-state index in [0.29, 0.717) is 44.7 Å². The van der Waals surface area contributed by atoms with Gasteiger partial charge in [-0.1, -0.05) is 6.08 Å². The third-order valence-electron chi connectivity index (χ3n) is 4.66. The first-order valence-corrected chi connectivity index (χ1v) is 7.97. The van der Waals surface area contributed by atoms with Crippen molar-refractivity contribution in [1.82, 2.24) is 15.1 Å². The minimum absolute atomic E-state index is 0.00829. The molecule has 0 spiro atoms. The van der Waals surface area contributed by atoms with Crippen molar-refractivity contribution in [3.8, 4) is 0 Å². The Labute approximate surface area is 132 Å². The predicted molar refractivity (Wildman–Crippen MR) is 84.4 cm³/mol. The average molecular weight is 309 g/mol. The highest BCUT2D eigenvalue weighted by Gasteiger charge is 2.40. The molecule has 1 N–H and O–H groups in total. The summed E-state index contributed by atoms with van der Waals surface area (Å²) in [5.74, 6) is 0.728. The van der Waals surface area contributed by atoms with Gasteiger partial charge in [0.25, 0.3) is 0 Å². The van der Waals surface area contributed by atoms with Crippen molar-refractivity contribution in [2.75, 3.05) is 46.9 Å². The Morgan fingerprint density at radius 2 is 2.18 bits per heavy atom. The molecule has 2 heterocycles. The van der Waals surface area contributed by atoms with Gasteiger partial charge in [-0.05, 0) is 18.8 Å². The molecular weight excluding hydrogens is 282 g/mol. The molecular formula is C16H27N3O3. The Bertz CT molecular complexity index is 425. The molecule has 0 saturated carbocycles. The molecule has 2 aliphatic rings. The SMILES string of the molecule is C=CCOC[C@H]1CNC(=O)[C@H]2CCN(C(=O)N(C)C)CC[C@@H]12. The van der Waals surface area contributed by atoms with Crippen LogP contribution in [0.1, 0.15) is 12.8 Å². The van der Waals surface area contributed by atoms with Crippen molar-refractivity contribution in [2.24, 2.45) is 17.8 Å². The summed E-state index contributed by atoms with van der Waals surface area (Å²) < 4.78 is 5.60. The van der Waals surface area contributed by atoms with E-state index >= 15 is 0 Å². The first kappa shape index (κ1) is 16.8. The third kappa shape index (κ3) is 3.80. The second-order valence-corrected chi connectivity index (χ2v) is 6.34. The molecule has 2 fully saturated rings. The quantitative estimate of drug-likeness (QED) is 0.621. The monoisotopic (exact) mass is 309 g/mol. The molecule has 6 nitrogen and oxygen atoms in total. The molecule has 0 aromatic rings. The molecule has 0 aliphatic carbocycles. The number of urea groups is 1. The Hall–Kier alpha value is -1.56. The molecule has 3 atom stereocenters. The minimum atomic E-state index is -0.00829. The van der Waals surface area contributed by atoms with Crippen LogP contribution in [0.3, 0.4) is 0 Å². The fourth-order valence-corrected chi connectivity index (χ4v) is 3.49. The fraction of sp³-hybridized carbons (Fsp3) is 0.750. The van der Waals surface area contributed by atoms with Gasteiger partial charge in [-0.3, -0.25) is 4.79 Å². The first-order valence-electron chi connectivity index (χ1n) is 7.97. The summed E-state index contributed by atoms with van der Waals surface area (Å²) in [6.45, 7) is 6.84. The standard InChI is InChI=1S/C16H27N3O3/c1-4-9-22-11-12-10-17-15(20)14-6-8-19(7-5-13(12)14)16(21)18(2)3/h4,12-14H,1,5-11H2,2-3H3,(H,17,20)/t12-,13+,14+/m1/s1. The molecule has 0 bridgehead atoms. The largest absolute Gasteiger partial charge is 0.377 e. The van der Waals surface area contributed by atoms with Gasteiger partial charge in [-0.25, -0.2) is 4.79 Å². The van der Waals surface area contributed by atoms with Crippen LogP contribution in [0.2, 0.25) is 0 Å². The second-order valence-electron chi connectivity index (χ2n) is 6.34. The number of piperidine rings is 1. The van der Waals surface area contributed by atoms with Gasteiger partial charge in [0.15, 0.2) is 0 Å². The van der Waals surface area contributed by atoms with Crippen LogP contribution >= 0.6 is 0 Å². The molecule has 2 aliphatic heterocycles. The molecule has 2 saturated heterocycles. The lowest BCUT2D eigenvalue weighted by atomic mass is 9.75. The number of fused-ring (bicyclic) bond motifs is 1. The van der Waals surface area contributed by atoms with Crippen LogP contribution in [0.4, 0.5) is 4.79 Å². The average Bonchev–Trinajstić information content (AvgIpc) is 2.72. The number of carbonyl (C=O) groups is 2. The van der Waals surface area contributed by atoms with Crippen LogP contribution in [-0.2, 0) is 9.53 Å². The van der Waals surface area contributed by atoms with Gasteiger partial charge in [0.1, 0.15) is 0 Å². The number of likely N-dealkylation sites (tertiary alicyclic amines) is 1. The lowest BCUT2D eigenvalue weighted by Gasteiger charge is -2.36. The summed E-state index contributed by atoms with van der Waals surface area (Å²) in [5.41, 5.74) is 0. The molecule has 0 unspecified atom stereocenters. The number of ether oxygens (including phenoxy) is 1. The number of hydrogen-bond acceptors (Lipinski definition) is 3. The van der Waals surface area contributed by atoms with Gasteiger partial charge >= 0.3 is 6.03 Å². The topological polar surface area (TPSA) is 61.9 Å². The predicted octanol–water partition coefficient (Wildman–Crippen LogP) is 0.945. The highest BCUT2D eigenvalue weighted by atomic mass is 16.5. The van der Waals surface area contributed by atoms with Gasteiger partial charge in [0, 0.05) is 45.6 Å². The van der Waals surface area contributed by atoms with E-state index in [2.05, 4.69) is 11.9 Å². The molecule has 3 amide bonds. The number of nitrogens with one attached hydrogen (secondary N) is 1. The van der Waals surface area contributed by atoms with Gasteiger partial charge in [-0.2, -0.15) is 0 Å². The zero-order chi connectivity index (χ0) is 16.1. The molecule has 22 heavy (non-hydrogen) atoms. The minimum Gasteiger partial charge on any atom is -0.377 e. The molecule has 2 rings (SSSR count). The van der Waals surface area contributed by atoms with Crippen LogP contribution in [0.25, 0.3) is 0 Å². The third-order valence-corrected chi connectivity index (χ3v) is 4.66. The summed E-state index contributed by atoms with van der Waals surface area (Å²) in [5, 5.41) is 2.99. The number of rotatable bonds is 4. The molecule has 124 valence electrons. The summed E-state index contributed by atoms with van der Waals surface area (Å²) in [4.78, 5) is 27.8. The van der Waals surface area contributed by atoms with Gasteiger partial charge in [0.05, 0.1) is 13.2 Å². The van der Waals surface area contributed by atoms with E-state index in [9.17, 15) is 9.59 Å². The van der Waals surface area contributed by atoms with E-state index in [4.69, 9.17) is 4.74 Å². The van der Waals surface area contributed by atoms with Crippen LogP contribution < -0.4 is 5.32 Å². The Balaban J connectivity index is 2.02. The van der Waals surface area contributed by atoms with E-state index in [0.717, 1.165) is 12.8 Å². The maximum Gasteiger partial charge on any atom is 0.319 e. The molecule has 0 radical (unpaired) electrons. The number of carbonyl (C=O) groups excluding carboxylic acids is 2. The van der Waals surface area contributed by atoms with Crippen LogP contribution in [0, 0.1) is 17.8 Å². The van der Waals surface area contributed by atoms with Crippen molar-refractivity contribution in [1.29, 1.82) is 0 Å². The van der Waals surface area contributed by atoms with Gasteiger partial charge in [-0.15, -0.1) is 6.58 Å². The maximum atomic E-state index is 12.2. The van der Waals surface area contributed by atoms with E-state index in [1.165, 1.54) is 0 Å². The zero-order valence-corrected chi connectivity index (χ0v) is 13.6. The highest BCUT2D eigenvalue weighted by molar-refractivity contribution is 5.80. The molecule has 0 aromatic heterocycles. The fourth-order valence-electron chi connectivity index (χ4n) is 3.49. The van der Waals surface area contributed by atoms with E-state index in [1.54, 1.807) is 25.1 Å². The van der Waals surface area contributed by atoms with E-state index in [-0.39, 0.29) is 17.9 Å². The second kappa shape index (κ2) is 7.63. The van der Waals surface area contributed by atoms with Crippen LogP contribution in [0.15, 0.2) is 12.7 Å². The number of amides is 3. The Morgan fingerprint density at radius 3 is 2.86 bits per heavy atom. The highest BCUT2D eigenvalue weighted by Crippen LogP contribution is 2.34. The Morgan fingerprint density at radius 1 is 1.45 bits per heavy atom. The van der Waals surface area contributed by atoms with Crippen molar-refractivity contribution < 1.29 is 14.3 Å². The van der Waals surface area contributed by atoms with Crippen molar-refractivity contribution >= 4 is 11.9 Å². The van der Waals surface area contributed by atoms with Gasteiger partial charge in [0.2, 0.25) is 5.91 Å². The summed E-state index contributed by atoms with van der Waals surface area (Å²) in [6.07, 6.45) is 3.33. The van der Waals surface area contributed by atoms with E-state index < -0.39 is 0 Å². The van der Waals surface area contributed by atoms with E-state index in [1.807, 2.05) is 4.90 Å². The number of hydrogen-bond donors (Lipinski definition) is 1. The maximum absolute atomic E-state index is 12.2. The number of nitrogens with zero attached hydrogens (tertiary/aromatic N) is 2. The van der Waals surface area contributed by atoms with Gasteiger partial charge < -0.3 is 19.9 Å². The molecule has 0 aromatic carbocycles. The lowest BCUT2D eigenvalue weighted by Crippen LogP contribution is -2.49. The summed E-state index contributed by atoms with van der Waals surface area (Å²) >= 11 is 0. The Kier molecular flexibility index (Phi) is 5.83. The van der Waals surface area contributed by atoms with Crippen LogP contribution in [-0.4, -0.2) is 68.7 Å².